The Balaban J connectivity index is 2.61. The molecule has 0 aliphatic heterocycles. The number of amides is 1. The average molecular weight is 404 g/mol. The quantitative estimate of drug-likeness (QED) is 0.329. The summed E-state index contributed by atoms with van der Waals surface area (Å²) in [7, 11) is 0. The van der Waals surface area contributed by atoms with E-state index < -0.39 is 28.6 Å². The number of carboxylic acid groups (broad SMARTS) is 1. The lowest BCUT2D eigenvalue weighted by Crippen LogP contribution is -2.18. The van der Waals surface area contributed by atoms with E-state index in [1.54, 1.807) is 6.07 Å². The molecule has 0 heterocycles. The Morgan fingerprint density at radius 1 is 1.26 bits per heavy atom. The normalized spacial score (nSPS) is 11.6. The van der Waals surface area contributed by atoms with E-state index in [2.05, 4.69) is 10.6 Å². The first kappa shape index (κ1) is 22.3. The maximum absolute atomic E-state index is 12.8. The number of nitrogens with one attached hydrogen (secondary N) is 2. The van der Waals surface area contributed by atoms with E-state index in [-0.39, 0.29) is 17.7 Å². The lowest BCUT2D eigenvalue weighted by molar-refractivity contribution is -0.138. The Kier molecular flexibility index (Phi) is 8.62. The van der Waals surface area contributed by atoms with Crippen LogP contribution in [0, 0.1) is 11.3 Å². The Labute approximate surface area is 158 Å². The fraction of sp³-hybridized carbons (Fsp3) is 0.353. The summed E-state index contributed by atoms with van der Waals surface area (Å²) in [6.07, 6.45) is -1.63. The van der Waals surface area contributed by atoms with Crippen molar-refractivity contribution in [1.29, 1.82) is 5.26 Å². The number of unbranched alkanes of at least 4 members (excludes halogenated alkanes) is 2. The number of hydrogen-bond acceptors (Lipinski definition) is 4. The second kappa shape index (κ2) is 10.4. The van der Waals surface area contributed by atoms with Crippen LogP contribution in [-0.2, 0) is 15.8 Å². The predicted octanol–water partition coefficient (Wildman–Crippen LogP) is 3.94. The minimum Gasteiger partial charge on any atom is -0.481 e. The van der Waals surface area contributed by atoms with E-state index in [0.29, 0.717) is 31.9 Å². The van der Waals surface area contributed by atoms with Crippen LogP contribution in [0.4, 0.5) is 18.9 Å². The molecule has 27 heavy (non-hydrogen) atoms. The third-order valence-electron chi connectivity index (χ3n) is 3.35. The fourth-order valence-electron chi connectivity index (χ4n) is 2.02. The second-order valence-electron chi connectivity index (χ2n) is 5.47. The van der Waals surface area contributed by atoms with E-state index in [4.69, 9.17) is 22.0 Å². The van der Waals surface area contributed by atoms with Crippen molar-refractivity contribution in [3.05, 3.63) is 40.6 Å². The summed E-state index contributed by atoms with van der Waals surface area (Å²) in [6.45, 7) is 0.414. The standard InChI is InChI=1S/C17H17ClF3N3O3/c18-14-6-5-12(8-13(14)17(19,20)21)24-16(27)11(9-22)10-23-7-3-1-2-4-15(25)26/h5-6,8,10,23H,1-4,7H2,(H,24,27)(H,25,26)/b11-10-. The lowest BCUT2D eigenvalue weighted by atomic mass is 10.2. The van der Waals surface area contributed by atoms with E-state index in [0.717, 1.165) is 12.3 Å². The zero-order valence-corrected chi connectivity index (χ0v) is 14.8. The Morgan fingerprint density at radius 3 is 2.56 bits per heavy atom. The molecule has 0 aromatic heterocycles. The number of rotatable bonds is 9. The maximum Gasteiger partial charge on any atom is 0.417 e. The van der Waals surface area contributed by atoms with Gasteiger partial charge in [0, 0.05) is 24.9 Å². The zero-order valence-electron chi connectivity index (χ0n) is 14.1. The summed E-state index contributed by atoms with van der Waals surface area (Å²) < 4.78 is 38.5. The van der Waals surface area contributed by atoms with Crippen molar-refractivity contribution in [2.45, 2.75) is 31.9 Å². The van der Waals surface area contributed by atoms with Crippen LogP contribution in [0.25, 0.3) is 0 Å². The van der Waals surface area contributed by atoms with Crippen LogP contribution in [0.1, 0.15) is 31.2 Å². The maximum atomic E-state index is 12.8. The first-order valence-corrected chi connectivity index (χ1v) is 8.26. The number of anilines is 1. The largest absolute Gasteiger partial charge is 0.481 e. The number of benzene rings is 1. The monoisotopic (exact) mass is 403 g/mol. The van der Waals surface area contributed by atoms with Gasteiger partial charge >= 0.3 is 12.1 Å². The van der Waals surface area contributed by atoms with Gasteiger partial charge < -0.3 is 15.7 Å². The van der Waals surface area contributed by atoms with Crippen LogP contribution in [-0.4, -0.2) is 23.5 Å². The van der Waals surface area contributed by atoms with E-state index in [1.807, 2.05) is 0 Å². The SMILES string of the molecule is N#C/C(=C/NCCCCCC(=O)O)C(=O)Nc1ccc(Cl)c(C(F)(F)F)c1. The second-order valence-corrected chi connectivity index (χ2v) is 5.88. The molecule has 3 N–H and O–H groups in total. The first-order valence-electron chi connectivity index (χ1n) is 7.88. The number of halogens is 4. The van der Waals surface area contributed by atoms with Crippen LogP contribution < -0.4 is 10.6 Å². The van der Waals surface area contributed by atoms with E-state index in [1.165, 1.54) is 6.07 Å². The number of carbonyl (C=O) groups is 2. The summed E-state index contributed by atoms with van der Waals surface area (Å²) in [4.78, 5) is 22.4. The topological polar surface area (TPSA) is 102 Å². The molecule has 0 saturated heterocycles. The summed E-state index contributed by atoms with van der Waals surface area (Å²) in [5, 5.41) is 22.0. The van der Waals surface area contributed by atoms with Crippen LogP contribution in [0.15, 0.2) is 30.0 Å². The number of aliphatic carboxylic acids is 1. The zero-order chi connectivity index (χ0) is 20.4. The molecule has 0 fully saturated rings. The third-order valence-corrected chi connectivity index (χ3v) is 3.68. The van der Waals surface area contributed by atoms with Crippen LogP contribution in [0.2, 0.25) is 5.02 Å². The van der Waals surface area contributed by atoms with Gasteiger partial charge in [0.1, 0.15) is 11.6 Å². The number of nitrogens with zero attached hydrogens (tertiary/aromatic N) is 1. The molecule has 0 bridgehead atoms. The van der Waals surface area contributed by atoms with Gasteiger partial charge in [-0.05, 0) is 31.0 Å². The molecule has 1 aromatic carbocycles. The molecule has 6 nitrogen and oxygen atoms in total. The van der Waals surface area contributed by atoms with Gasteiger partial charge in [0.25, 0.3) is 5.91 Å². The average Bonchev–Trinajstić information content (AvgIpc) is 2.57. The molecule has 10 heteroatoms. The molecule has 0 unspecified atom stereocenters. The molecule has 1 aromatic rings. The van der Waals surface area contributed by atoms with Crippen molar-refractivity contribution in [2.24, 2.45) is 0 Å². The molecule has 1 amide bonds. The van der Waals surface area contributed by atoms with Gasteiger partial charge in [-0.3, -0.25) is 9.59 Å². The molecule has 0 aliphatic carbocycles. The Hall–Kier alpha value is -2.73. The highest BCUT2D eigenvalue weighted by Gasteiger charge is 2.33. The predicted molar refractivity (Wildman–Crippen MR) is 92.9 cm³/mol. The molecule has 0 saturated carbocycles. The van der Waals surface area contributed by atoms with Crippen molar-refractivity contribution in [1.82, 2.24) is 5.32 Å². The van der Waals surface area contributed by atoms with E-state index >= 15 is 0 Å². The Morgan fingerprint density at radius 2 is 1.96 bits per heavy atom. The lowest BCUT2D eigenvalue weighted by Gasteiger charge is -2.11. The van der Waals surface area contributed by atoms with Crippen molar-refractivity contribution >= 4 is 29.2 Å². The van der Waals surface area contributed by atoms with Crippen molar-refractivity contribution < 1.29 is 27.9 Å². The summed E-state index contributed by atoms with van der Waals surface area (Å²) in [6, 6.07) is 4.54. The molecule has 0 spiro atoms. The van der Waals surface area contributed by atoms with Crippen molar-refractivity contribution in [2.75, 3.05) is 11.9 Å². The van der Waals surface area contributed by atoms with Crippen molar-refractivity contribution in [3.8, 4) is 6.07 Å². The van der Waals surface area contributed by atoms with Gasteiger partial charge in [-0.1, -0.05) is 18.0 Å². The summed E-state index contributed by atoms with van der Waals surface area (Å²) in [5.41, 5.74) is -1.56. The number of carbonyl (C=O) groups excluding carboxylic acids is 1. The summed E-state index contributed by atoms with van der Waals surface area (Å²) in [5.74, 6) is -1.74. The smallest absolute Gasteiger partial charge is 0.417 e. The molecule has 0 radical (unpaired) electrons. The van der Waals surface area contributed by atoms with E-state index in [9.17, 15) is 22.8 Å². The van der Waals surface area contributed by atoms with Gasteiger partial charge in [0.15, 0.2) is 0 Å². The fourth-order valence-corrected chi connectivity index (χ4v) is 2.25. The number of nitriles is 1. The highest BCUT2D eigenvalue weighted by Crippen LogP contribution is 2.36. The van der Waals surface area contributed by atoms with Gasteiger partial charge in [-0.25, -0.2) is 0 Å². The Bertz CT molecular complexity index is 758. The van der Waals surface area contributed by atoms with Crippen molar-refractivity contribution in [3.63, 3.8) is 0 Å². The minimum absolute atomic E-state index is 0.0721. The highest BCUT2D eigenvalue weighted by atomic mass is 35.5. The summed E-state index contributed by atoms with van der Waals surface area (Å²) >= 11 is 5.51. The van der Waals surface area contributed by atoms with Crippen LogP contribution >= 0.6 is 11.6 Å². The highest BCUT2D eigenvalue weighted by molar-refractivity contribution is 6.31. The molecule has 0 aliphatic rings. The van der Waals surface area contributed by atoms with Gasteiger partial charge in [0.2, 0.25) is 0 Å². The van der Waals surface area contributed by atoms with Gasteiger partial charge in [-0.15, -0.1) is 0 Å². The minimum atomic E-state index is -4.67. The molecule has 1 rings (SSSR count). The van der Waals surface area contributed by atoms with Gasteiger partial charge in [0.05, 0.1) is 10.6 Å². The first-order chi connectivity index (χ1) is 12.6. The molecular formula is C17H17ClF3N3O3. The molecule has 0 atom stereocenters. The molecule has 146 valence electrons. The third kappa shape index (κ3) is 8.00. The molecular weight excluding hydrogens is 387 g/mol. The number of carboxylic acids is 1. The van der Waals surface area contributed by atoms with Crippen LogP contribution in [0.3, 0.4) is 0 Å². The van der Waals surface area contributed by atoms with Gasteiger partial charge in [-0.2, -0.15) is 18.4 Å². The number of hydrogen-bond donors (Lipinski definition) is 3. The van der Waals surface area contributed by atoms with Crippen LogP contribution in [0.5, 0.6) is 0 Å². The number of alkyl halides is 3.